The van der Waals surface area contributed by atoms with Crippen molar-refractivity contribution < 1.29 is 4.42 Å². The Morgan fingerprint density at radius 3 is 2.80 bits per heavy atom. The third kappa shape index (κ3) is 2.84. The van der Waals surface area contributed by atoms with Gasteiger partial charge in [0.25, 0.3) is 0 Å². The third-order valence-electron chi connectivity index (χ3n) is 2.80. The second-order valence-corrected chi connectivity index (χ2v) is 4.75. The molecule has 0 amide bonds. The van der Waals surface area contributed by atoms with Crippen LogP contribution >= 0.6 is 11.6 Å². The Kier molecular flexibility index (Phi) is 3.46. The van der Waals surface area contributed by atoms with Gasteiger partial charge in [-0.25, -0.2) is 0 Å². The zero-order chi connectivity index (χ0) is 10.7. The van der Waals surface area contributed by atoms with Gasteiger partial charge in [0.15, 0.2) is 0 Å². The van der Waals surface area contributed by atoms with Crippen LogP contribution in [0.1, 0.15) is 43.9 Å². The third-order valence-corrected chi connectivity index (χ3v) is 2.98. The Bertz CT molecular complexity index is 307. The molecule has 0 aliphatic heterocycles. The van der Waals surface area contributed by atoms with E-state index in [0.717, 1.165) is 12.5 Å². The molecule has 1 atom stereocenters. The van der Waals surface area contributed by atoms with E-state index in [9.17, 15) is 0 Å². The van der Waals surface area contributed by atoms with E-state index in [4.69, 9.17) is 16.0 Å². The highest BCUT2D eigenvalue weighted by Crippen LogP contribution is 2.25. The van der Waals surface area contributed by atoms with E-state index in [1.807, 2.05) is 6.92 Å². The van der Waals surface area contributed by atoms with Crippen LogP contribution in [-0.2, 0) is 0 Å². The number of halogens is 1. The number of hydrogen-bond donors (Lipinski definition) is 1. The van der Waals surface area contributed by atoms with Crippen LogP contribution in [0.15, 0.2) is 4.42 Å². The normalized spacial score (nSPS) is 19.3. The first kappa shape index (κ1) is 10.7. The summed E-state index contributed by atoms with van der Waals surface area (Å²) in [7, 11) is 0. The van der Waals surface area contributed by atoms with Crippen molar-refractivity contribution in [1.29, 1.82) is 0 Å². The molecule has 1 aliphatic carbocycles. The molecule has 0 saturated heterocycles. The van der Waals surface area contributed by atoms with Gasteiger partial charge in [-0.1, -0.05) is 17.9 Å². The van der Waals surface area contributed by atoms with Crippen LogP contribution < -0.4 is 5.32 Å². The highest BCUT2D eigenvalue weighted by atomic mass is 35.5. The van der Waals surface area contributed by atoms with Crippen LogP contribution in [0.4, 0.5) is 6.01 Å². The molecule has 2 rings (SSSR count). The lowest BCUT2D eigenvalue weighted by atomic mass is 10.1. The summed E-state index contributed by atoms with van der Waals surface area (Å²) in [5.74, 6) is 1.24. The van der Waals surface area contributed by atoms with Gasteiger partial charge >= 0.3 is 6.01 Å². The number of aromatic nitrogens is 2. The molecular formula is C10H16ClN3O. The molecule has 1 aromatic heterocycles. The molecule has 15 heavy (non-hydrogen) atoms. The van der Waals surface area contributed by atoms with Crippen molar-refractivity contribution in [3.8, 4) is 0 Å². The quantitative estimate of drug-likeness (QED) is 0.807. The van der Waals surface area contributed by atoms with Gasteiger partial charge in [0.2, 0.25) is 5.89 Å². The smallest absolute Gasteiger partial charge is 0.315 e. The highest BCUT2D eigenvalue weighted by molar-refractivity contribution is 6.20. The molecule has 0 aromatic carbocycles. The van der Waals surface area contributed by atoms with Crippen molar-refractivity contribution in [3.63, 3.8) is 0 Å². The molecule has 1 saturated carbocycles. The maximum absolute atomic E-state index is 5.82. The number of nitrogens with one attached hydrogen (secondary N) is 1. The molecule has 1 N–H and O–H groups in total. The van der Waals surface area contributed by atoms with E-state index in [2.05, 4.69) is 15.5 Å². The van der Waals surface area contributed by atoms with Crippen molar-refractivity contribution in [2.24, 2.45) is 5.92 Å². The maximum Gasteiger partial charge on any atom is 0.315 e. The summed E-state index contributed by atoms with van der Waals surface area (Å²) in [6, 6.07) is 0.490. The minimum Gasteiger partial charge on any atom is -0.407 e. The highest BCUT2D eigenvalue weighted by Gasteiger charge is 2.16. The summed E-state index contributed by atoms with van der Waals surface area (Å²) in [6.45, 7) is 2.74. The van der Waals surface area contributed by atoms with E-state index < -0.39 is 0 Å². The van der Waals surface area contributed by atoms with E-state index in [1.165, 1.54) is 25.7 Å². The molecule has 0 spiro atoms. The van der Waals surface area contributed by atoms with Crippen LogP contribution in [0.5, 0.6) is 0 Å². The predicted molar refractivity (Wildman–Crippen MR) is 59.0 cm³/mol. The molecule has 1 unspecified atom stereocenters. The van der Waals surface area contributed by atoms with Crippen LogP contribution in [0.25, 0.3) is 0 Å². The molecule has 0 radical (unpaired) electrons. The van der Waals surface area contributed by atoms with Crippen LogP contribution in [0.3, 0.4) is 0 Å². The number of nitrogens with zero attached hydrogens (tertiary/aromatic N) is 2. The van der Waals surface area contributed by atoms with Gasteiger partial charge in [-0.2, -0.15) is 0 Å². The van der Waals surface area contributed by atoms with Gasteiger partial charge in [-0.05, 0) is 25.7 Å². The Hall–Kier alpha value is -0.770. The van der Waals surface area contributed by atoms with Crippen LogP contribution in [0.2, 0.25) is 0 Å². The number of anilines is 1. The van der Waals surface area contributed by atoms with Crippen molar-refractivity contribution in [2.75, 3.05) is 11.9 Å². The topological polar surface area (TPSA) is 51.0 Å². The fourth-order valence-corrected chi connectivity index (χ4v) is 2.00. The molecule has 1 aliphatic rings. The van der Waals surface area contributed by atoms with Gasteiger partial charge in [0, 0.05) is 6.54 Å². The lowest BCUT2D eigenvalue weighted by molar-refractivity contribution is 0.495. The fourth-order valence-electron chi connectivity index (χ4n) is 1.91. The van der Waals surface area contributed by atoms with E-state index >= 15 is 0 Å². The van der Waals surface area contributed by atoms with Gasteiger partial charge in [0.1, 0.15) is 5.38 Å². The Balaban J connectivity index is 1.82. The molecule has 84 valence electrons. The lowest BCUT2D eigenvalue weighted by Crippen LogP contribution is -2.10. The predicted octanol–water partition coefficient (Wildman–Crippen LogP) is 2.97. The number of alkyl halides is 1. The first-order valence-electron chi connectivity index (χ1n) is 5.47. The summed E-state index contributed by atoms with van der Waals surface area (Å²) in [4.78, 5) is 0. The molecule has 1 aromatic rings. The Morgan fingerprint density at radius 2 is 2.20 bits per heavy atom. The van der Waals surface area contributed by atoms with Crippen molar-refractivity contribution in [2.45, 2.75) is 38.0 Å². The molecule has 0 bridgehead atoms. The molecule has 1 heterocycles. The average Bonchev–Trinajstić information content (AvgIpc) is 2.86. The van der Waals surface area contributed by atoms with E-state index in [0.29, 0.717) is 11.9 Å². The van der Waals surface area contributed by atoms with Gasteiger partial charge < -0.3 is 9.73 Å². The van der Waals surface area contributed by atoms with Crippen LogP contribution in [-0.4, -0.2) is 16.7 Å². The van der Waals surface area contributed by atoms with Gasteiger partial charge in [-0.15, -0.1) is 16.7 Å². The molecular weight excluding hydrogens is 214 g/mol. The summed E-state index contributed by atoms with van der Waals surface area (Å²) >= 11 is 5.82. The summed E-state index contributed by atoms with van der Waals surface area (Å²) in [5.41, 5.74) is 0. The zero-order valence-electron chi connectivity index (χ0n) is 8.87. The largest absolute Gasteiger partial charge is 0.407 e. The second kappa shape index (κ2) is 4.84. The molecule has 4 nitrogen and oxygen atoms in total. The minimum absolute atomic E-state index is 0.223. The Morgan fingerprint density at radius 1 is 1.47 bits per heavy atom. The van der Waals surface area contributed by atoms with E-state index in [1.54, 1.807) is 0 Å². The van der Waals surface area contributed by atoms with Crippen LogP contribution in [0, 0.1) is 5.92 Å². The summed E-state index contributed by atoms with van der Waals surface area (Å²) in [6.07, 6.45) is 5.31. The maximum atomic E-state index is 5.82. The lowest BCUT2D eigenvalue weighted by Gasteiger charge is -2.07. The standard InChI is InChI=1S/C10H16ClN3O/c1-7(11)9-13-14-10(15-9)12-6-8-4-2-3-5-8/h7-8H,2-6H2,1H3,(H,12,14). The monoisotopic (exact) mass is 229 g/mol. The fraction of sp³-hybridized carbons (Fsp3) is 0.800. The van der Waals surface area contributed by atoms with Crippen molar-refractivity contribution in [3.05, 3.63) is 5.89 Å². The zero-order valence-corrected chi connectivity index (χ0v) is 9.63. The Labute approximate surface area is 94.4 Å². The molecule has 5 heteroatoms. The summed E-state index contributed by atoms with van der Waals surface area (Å²) in [5, 5.41) is 10.7. The summed E-state index contributed by atoms with van der Waals surface area (Å²) < 4.78 is 5.34. The first-order chi connectivity index (χ1) is 7.25. The second-order valence-electron chi connectivity index (χ2n) is 4.09. The average molecular weight is 230 g/mol. The van der Waals surface area contributed by atoms with Crippen molar-refractivity contribution >= 4 is 17.6 Å². The number of hydrogen-bond acceptors (Lipinski definition) is 4. The first-order valence-corrected chi connectivity index (χ1v) is 5.90. The van der Waals surface area contributed by atoms with Gasteiger partial charge in [-0.3, -0.25) is 0 Å². The minimum atomic E-state index is -0.223. The van der Waals surface area contributed by atoms with E-state index in [-0.39, 0.29) is 5.38 Å². The van der Waals surface area contributed by atoms with Crippen molar-refractivity contribution in [1.82, 2.24) is 10.2 Å². The van der Waals surface area contributed by atoms with Gasteiger partial charge in [0.05, 0.1) is 0 Å². The SMILES string of the molecule is CC(Cl)c1nnc(NCC2CCCC2)o1. The molecule has 1 fully saturated rings. The number of rotatable bonds is 4.